The summed E-state index contributed by atoms with van der Waals surface area (Å²) in [6.07, 6.45) is 6.73. The maximum absolute atomic E-state index is 12.5. The lowest BCUT2D eigenvalue weighted by atomic mass is 9.96. The lowest BCUT2D eigenvalue weighted by Gasteiger charge is -2.29. The average molecular weight is 304 g/mol. The van der Waals surface area contributed by atoms with Crippen LogP contribution < -0.4 is 5.32 Å². The van der Waals surface area contributed by atoms with Gasteiger partial charge in [-0.05, 0) is 51.1 Å². The van der Waals surface area contributed by atoms with Crippen LogP contribution in [0.2, 0.25) is 0 Å². The molecule has 2 fully saturated rings. The molecule has 0 amide bonds. The van der Waals surface area contributed by atoms with Crippen LogP contribution in [0.15, 0.2) is 0 Å². The summed E-state index contributed by atoms with van der Waals surface area (Å²) in [6, 6.07) is -0.199. The Morgan fingerprint density at radius 3 is 2.55 bits per heavy atom. The molecule has 5 nitrogen and oxygen atoms in total. The van der Waals surface area contributed by atoms with Gasteiger partial charge in [0, 0.05) is 12.6 Å². The van der Waals surface area contributed by atoms with E-state index >= 15 is 0 Å². The molecule has 2 N–H and O–H groups in total. The number of sulfonamides is 1. The van der Waals surface area contributed by atoms with Crippen LogP contribution in [0.1, 0.15) is 44.9 Å². The molecular weight excluding hydrogens is 276 g/mol. The van der Waals surface area contributed by atoms with Crippen molar-refractivity contribution in [3.05, 3.63) is 0 Å². The van der Waals surface area contributed by atoms with Crippen molar-refractivity contribution < 1.29 is 13.5 Å². The summed E-state index contributed by atoms with van der Waals surface area (Å²) < 4.78 is 26.7. The standard InChI is InChI=1S/C14H28N2O3S/c17-12-14-4-2-1-3-10-16(14)20(18,19)11-7-13-5-8-15-9-6-13/h13-15,17H,1-12H2. The lowest BCUT2D eigenvalue weighted by molar-refractivity contribution is 0.186. The number of nitrogens with one attached hydrogen (secondary N) is 1. The van der Waals surface area contributed by atoms with Crippen LogP contribution in [-0.4, -0.2) is 55.9 Å². The largest absolute Gasteiger partial charge is 0.395 e. The monoisotopic (exact) mass is 304 g/mol. The zero-order chi connectivity index (χ0) is 14.4. The molecule has 1 atom stereocenters. The van der Waals surface area contributed by atoms with Gasteiger partial charge in [0.15, 0.2) is 0 Å². The molecule has 2 aliphatic heterocycles. The van der Waals surface area contributed by atoms with Crippen molar-refractivity contribution in [1.29, 1.82) is 0 Å². The Bertz CT molecular complexity index is 380. The second-order valence-electron chi connectivity index (χ2n) is 6.09. The van der Waals surface area contributed by atoms with E-state index in [4.69, 9.17) is 0 Å². The Balaban J connectivity index is 1.92. The number of hydrogen-bond donors (Lipinski definition) is 2. The van der Waals surface area contributed by atoms with E-state index in [1.165, 1.54) is 0 Å². The quantitative estimate of drug-likeness (QED) is 0.793. The highest BCUT2D eigenvalue weighted by Crippen LogP contribution is 2.23. The van der Waals surface area contributed by atoms with E-state index in [2.05, 4.69) is 5.32 Å². The first-order valence-corrected chi connectivity index (χ1v) is 9.55. The second kappa shape index (κ2) is 7.73. The third kappa shape index (κ3) is 4.41. The highest BCUT2D eigenvalue weighted by atomic mass is 32.2. The molecule has 0 aromatic carbocycles. The van der Waals surface area contributed by atoms with E-state index < -0.39 is 10.0 Å². The van der Waals surface area contributed by atoms with Gasteiger partial charge in [0.1, 0.15) is 0 Å². The van der Waals surface area contributed by atoms with Gasteiger partial charge in [0.05, 0.1) is 12.4 Å². The van der Waals surface area contributed by atoms with Crippen LogP contribution in [0.5, 0.6) is 0 Å². The van der Waals surface area contributed by atoms with E-state index in [0.717, 1.165) is 58.0 Å². The van der Waals surface area contributed by atoms with Crippen LogP contribution in [0, 0.1) is 5.92 Å². The van der Waals surface area contributed by atoms with E-state index in [1.54, 1.807) is 4.31 Å². The van der Waals surface area contributed by atoms with Gasteiger partial charge in [-0.3, -0.25) is 0 Å². The highest BCUT2D eigenvalue weighted by molar-refractivity contribution is 7.89. The van der Waals surface area contributed by atoms with Crippen LogP contribution in [0.3, 0.4) is 0 Å². The molecule has 2 saturated heterocycles. The van der Waals surface area contributed by atoms with Gasteiger partial charge in [0.2, 0.25) is 10.0 Å². The summed E-state index contributed by atoms with van der Waals surface area (Å²) in [5.74, 6) is 0.777. The van der Waals surface area contributed by atoms with Crippen molar-refractivity contribution in [2.45, 2.75) is 51.0 Å². The first-order valence-electron chi connectivity index (χ1n) is 7.94. The predicted octanol–water partition coefficient (Wildman–Crippen LogP) is 0.943. The van der Waals surface area contributed by atoms with E-state index in [9.17, 15) is 13.5 Å². The van der Waals surface area contributed by atoms with Gasteiger partial charge in [-0.2, -0.15) is 4.31 Å². The Morgan fingerprint density at radius 1 is 1.10 bits per heavy atom. The minimum absolute atomic E-state index is 0.0490. The van der Waals surface area contributed by atoms with Gasteiger partial charge in [0.25, 0.3) is 0 Å². The molecule has 6 heteroatoms. The number of hydrogen-bond acceptors (Lipinski definition) is 4. The summed E-state index contributed by atoms with van der Waals surface area (Å²) in [7, 11) is -3.21. The zero-order valence-electron chi connectivity index (χ0n) is 12.3. The molecule has 0 aliphatic carbocycles. The molecule has 0 radical (unpaired) electrons. The fraction of sp³-hybridized carbons (Fsp3) is 1.00. The van der Waals surface area contributed by atoms with Gasteiger partial charge in [-0.15, -0.1) is 0 Å². The first-order chi connectivity index (χ1) is 9.63. The van der Waals surface area contributed by atoms with Gasteiger partial charge >= 0.3 is 0 Å². The topological polar surface area (TPSA) is 69.6 Å². The van der Waals surface area contributed by atoms with Crippen molar-refractivity contribution in [2.24, 2.45) is 5.92 Å². The van der Waals surface area contributed by atoms with Gasteiger partial charge in [-0.25, -0.2) is 8.42 Å². The Labute approximate surface area is 122 Å². The second-order valence-corrected chi connectivity index (χ2v) is 8.14. The molecule has 2 heterocycles. The molecule has 0 spiro atoms. The summed E-state index contributed by atoms with van der Waals surface area (Å²) >= 11 is 0. The number of nitrogens with zero attached hydrogens (tertiary/aromatic N) is 1. The van der Waals surface area contributed by atoms with Gasteiger partial charge < -0.3 is 10.4 Å². The van der Waals surface area contributed by atoms with Crippen LogP contribution in [0.4, 0.5) is 0 Å². The molecule has 0 aromatic rings. The fourth-order valence-corrected chi connectivity index (χ4v) is 5.20. The summed E-state index contributed by atoms with van der Waals surface area (Å²) in [5, 5.41) is 12.8. The molecule has 1 unspecified atom stereocenters. The number of aliphatic hydroxyl groups excluding tert-OH is 1. The van der Waals surface area contributed by atoms with Crippen molar-refractivity contribution in [2.75, 3.05) is 32.0 Å². The molecule has 0 saturated carbocycles. The minimum atomic E-state index is -3.21. The molecule has 2 rings (SSSR count). The van der Waals surface area contributed by atoms with E-state index in [0.29, 0.717) is 12.5 Å². The van der Waals surface area contributed by atoms with Crippen molar-refractivity contribution in [3.8, 4) is 0 Å². The summed E-state index contributed by atoms with van der Waals surface area (Å²) in [4.78, 5) is 0. The summed E-state index contributed by atoms with van der Waals surface area (Å²) in [6.45, 7) is 2.55. The van der Waals surface area contributed by atoms with E-state index in [1.807, 2.05) is 0 Å². The number of piperidine rings is 1. The van der Waals surface area contributed by atoms with Crippen LogP contribution >= 0.6 is 0 Å². The maximum atomic E-state index is 12.5. The smallest absolute Gasteiger partial charge is 0.214 e. The fourth-order valence-electron chi connectivity index (χ4n) is 3.30. The third-order valence-corrected chi connectivity index (χ3v) is 6.58. The zero-order valence-corrected chi connectivity index (χ0v) is 13.1. The van der Waals surface area contributed by atoms with Crippen LogP contribution in [-0.2, 0) is 10.0 Å². The average Bonchev–Trinajstić information content (AvgIpc) is 2.72. The summed E-state index contributed by atoms with van der Waals surface area (Å²) in [5.41, 5.74) is 0. The number of aliphatic hydroxyl groups is 1. The van der Waals surface area contributed by atoms with Gasteiger partial charge in [-0.1, -0.05) is 12.8 Å². The van der Waals surface area contributed by atoms with Crippen LogP contribution in [0.25, 0.3) is 0 Å². The Morgan fingerprint density at radius 2 is 1.85 bits per heavy atom. The number of rotatable bonds is 5. The molecule has 20 heavy (non-hydrogen) atoms. The Kier molecular flexibility index (Phi) is 6.26. The normalized spacial score (nSPS) is 27.4. The Hall–Kier alpha value is -0.170. The first kappa shape index (κ1) is 16.2. The molecule has 0 bridgehead atoms. The van der Waals surface area contributed by atoms with Crippen molar-refractivity contribution >= 4 is 10.0 Å². The molecule has 2 aliphatic rings. The van der Waals surface area contributed by atoms with E-state index in [-0.39, 0.29) is 18.4 Å². The maximum Gasteiger partial charge on any atom is 0.214 e. The highest BCUT2D eigenvalue weighted by Gasteiger charge is 2.31. The lowest BCUT2D eigenvalue weighted by Crippen LogP contribution is -2.43. The molecule has 118 valence electrons. The predicted molar refractivity (Wildman–Crippen MR) is 80.0 cm³/mol. The molecule has 0 aromatic heterocycles. The molecular formula is C14H28N2O3S. The van der Waals surface area contributed by atoms with Crippen molar-refractivity contribution in [1.82, 2.24) is 9.62 Å². The minimum Gasteiger partial charge on any atom is -0.395 e. The SMILES string of the molecule is O=S(=O)(CCC1CCNCC1)N1CCCCCC1CO. The third-order valence-electron chi connectivity index (χ3n) is 4.63. The van der Waals surface area contributed by atoms with Crippen molar-refractivity contribution in [3.63, 3.8) is 0 Å².